The molecule has 0 aromatic rings. The van der Waals surface area contributed by atoms with E-state index in [2.05, 4.69) is 52.3 Å². The van der Waals surface area contributed by atoms with Gasteiger partial charge in [0.1, 0.15) is 18.2 Å². The SMILES string of the molecule is C=CCC(NC(=O)OC(C)(C)C)C(=O)N(CC(=C)CO[Si](C)(C)C(C)(C)C)CC(=O)OC. The molecule has 0 aromatic carbocycles. The Bertz CT molecular complexity index is 692. The number of carbonyl (C=O) groups is 3. The lowest BCUT2D eigenvalue weighted by molar-refractivity contribution is -0.147. The summed E-state index contributed by atoms with van der Waals surface area (Å²) in [5.41, 5.74) is -0.0749. The van der Waals surface area contributed by atoms with E-state index in [1.54, 1.807) is 20.8 Å². The van der Waals surface area contributed by atoms with Crippen molar-refractivity contribution in [2.45, 2.75) is 77.7 Å². The normalized spacial score (nSPS) is 13.0. The van der Waals surface area contributed by atoms with Gasteiger partial charge in [-0.15, -0.1) is 6.58 Å². The van der Waals surface area contributed by atoms with Crippen molar-refractivity contribution in [3.8, 4) is 0 Å². The minimum atomic E-state index is -2.01. The fourth-order valence-electron chi connectivity index (χ4n) is 2.31. The molecule has 0 spiro atoms. The Morgan fingerprint density at radius 1 is 1.09 bits per heavy atom. The lowest BCUT2D eigenvalue weighted by atomic mass is 10.1. The van der Waals surface area contributed by atoms with Crippen molar-refractivity contribution in [2.24, 2.45) is 0 Å². The molecule has 0 aromatic heterocycles. The number of ether oxygens (including phenoxy) is 2. The number of methoxy groups -OCH3 is 1. The lowest BCUT2D eigenvalue weighted by Crippen LogP contribution is -2.51. The van der Waals surface area contributed by atoms with Crippen LogP contribution >= 0.6 is 0 Å². The van der Waals surface area contributed by atoms with Crippen LogP contribution in [0.15, 0.2) is 24.8 Å². The van der Waals surface area contributed by atoms with E-state index in [9.17, 15) is 14.4 Å². The molecule has 0 aliphatic heterocycles. The first-order chi connectivity index (χ1) is 14.4. The van der Waals surface area contributed by atoms with Crippen LogP contribution in [0, 0.1) is 0 Å². The number of amides is 2. The predicted octanol–water partition coefficient (Wildman–Crippen LogP) is 4.04. The number of nitrogens with zero attached hydrogens (tertiary/aromatic N) is 1. The van der Waals surface area contributed by atoms with Crippen LogP contribution in [-0.2, 0) is 23.5 Å². The quantitative estimate of drug-likeness (QED) is 0.278. The number of hydrogen-bond acceptors (Lipinski definition) is 6. The predicted molar refractivity (Wildman–Crippen MR) is 129 cm³/mol. The van der Waals surface area contributed by atoms with Crippen molar-refractivity contribution < 1.29 is 28.3 Å². The summed E-state index contributed by atoms with van der Waals surface area (Å²) < 4.78 is 16.2. The van der Waals surface area contributed by atoms with Crippen molar-refractivity contribution in [1.29, 1.82) is 0 Å². The van der Waals surface area contributed by atoms with Crippen molar-refractivity contribution in [3.05, 3.63) is 24.8 Å². The van der Waals surface area contributed by atoms with Crippen LogP contribution in [0.3, 0.4) is 0 Å². The van der Waals surface area contributed by atoms with E-state index in [1.807, 2.05) is 0 Å². The average molecular weight is 471 g/mol. The number of nitrogens with one attached hydrogen (secondary N) is 1. The van der Waals surface area contributed by atoms with E-state index >= 15 is 0 Å². The minimum absolute atomic E-state index is 0.0290. The molecule has 1 unspecified atom stereocenters. The van der Waals surface area contributed by atoms with Crippen LogP contribution in [0.4, 0.5) is 4.79 Å². The van der Waals surface area contributed by atoms with Crippen LogP contribution in [-0.4, -0.2) is 69.6 Å². The van der Waals surface area contributed by atoms with Gasteiger partial charge < -0.3 is 24.1 Å². The van der Waals surface area contributed by atoms with E-state index in [-0.39, 0.29) is 31.2 Å². The van der Waals surface area contributed by atoms with E-state index < -0.39 is 37.9 Å². The van der Waals surface area contributed by atoms with Gasteiger partial charge in [0.15, 0.2) is 8.32 Å². The van der Waals surface area contributed by atoms with Crippen LogP contribution in [0.1, 0.15) is 48.0 Å². The zero-order valence-corrected chi connectivity index (χ0v) is 22.3. The molecule has 32 heavy (non-hydrogen) atoms. The molecule has 8 nitrogen and oxygen atoms in total. The van der Waals surface area contributed by atoms with Gasteiger partial charge in [-0.2, -0.15) is 0 Å². The summed E-state index contributed by atoms with van der Waals surface area (Å²) in [5, 5.41) is 2.59. The second-order valence-corrected chi connectivity index (χ2v) is 15.1. The maximum atomic E-state index is 13.2. The van der Waals surface area contributed by atoms with E-state index in [4.69, 9.17) is 13.9 Å². The molecule has 1 atom stereocenters. The minimum Gasteiger partial charge on any atom is -0.468 e. The lowest BCUT2D eigenvalue weighted by Gasteiger charge is -2.36. The molecule has 0 aliphatic carbocycles. The first-order valence-electron chi connectivity index (χ1n) is 10.7. The zero-order valence-electron chi connectivity index (χ0n) is 21.3. The molecule has 9 heteroatoms. The van der Waals surface area contributed by atoms with Crippen LogP contribution < -0.4 is 5.32 Å². The summed E-state index contributed by atoms with van der Waals surface area (Å²) in [7, 11) is -0.756. The fraction of sp³-hybridized carbons (Fsp3) is 0.696. The molecule has 2 amide bonds. The third-order valence-corrected chi connectivity index (χ3v) is 9.59. The highest BCUT2D eigenvalue weighted by Crippen LogP contribution is 2.36. The molecular weight excluding hydrogens is 428 g/mol. The largest absolute Gasteiger partial charge is 0.468 e. The molecule has 0 rings (SSSR count). The van der Waals surface area contributed by atoms with Gasteiger partial charge >= 0.3 is 12.1 Å². The summed E-state index contributed by atoms with van der Waals surface area (Å²) in [4.78, 5) is 38.7. The molecule has 0 saturated carbocycles. The molecule has 1 N–H and O–H groups in total. The number of esters is 1. The molecule has 0 bridgehead atoms. The van der Waals surface area contributed by atoms with Gasteiger partial charge in [0.25, 0.3) is 0 Å². The van der Waals surface area contributed by atoms with Crippen molar-refractivity contribution in [1.82, 2.24) is 10.2 Å². The number of rotatable bonds is 11. The Morgan fingerprint density at radius 3 is 2.09 bits per heavy atom. The zero-order chi connectivity index (χ0) is 25.3. The summed E-state index contributed by atoms with van der Waals surface area (Å²) >= 11 is 0. The first kappa shape index (κ1) is 29.9. The average Bonchev–Trinajstić information content (AvgIpc) is 2.62. The van der Waals surface area contributed by atoms with Crippen LogP contribution in [0.2, 0.25) is 18.1 Å². The Morgan fingerprint density at radius 2 is 1.66 bits per heavy atom. The van der Waals surface area contributed by atoms with Gasteiger partial charge in [0.2, 0.25) is 5.91 Å². The molecule has 0 fully saturated rings. The molecule has 184 valence electrons. The second kappa shape index (κ2) is 12.2. The Hall–Kier alpha value is -2.13. The van der Waals surface area contributed by atoms with Crippen molar-refractivity contribution in [2.75, 3.05) is 26.8 Å². The summed E-state index contributed by atoms with van der Waals surface area (Å²) in [6, 6.07) is -0.943. The monoisotopic (exact) mass is 470 g/mol. The van der Waals surface area contributed by atoms with E-state index in [1.165, 1.54) is 18.1 Å². The maximum Gasteiger partial charge on any atom is 0.408 e. The van der Waals surface area contributed by atoms with Gasteiger partial charge in [-0.25, -0.2) is 4.79 Å². The van der Waals surface area contributed by atoms with Crippen molar-refractivity contribution >= 4 is 26.3 Å². The molecule has 0 saturated heterocycles. The van der Waals surface area contributed by atoms with Gasteiger partial charge in [0.05, 0.1) is 13.7 Å². The van der Waals surface area contributed by atoms with Crippen LogP contribution in [0.5, 0.6) is 0 Å². The Labute approximate surface area is 194 Å². The second-order valence-electron chi connectivity index (χ2n) is 10.3. The number of hydrogen-bond donors (Lipinski definition) is 1. The highest BCUT2D eigenvalue weighted by molar-refractivity contribution is 6.74. The Balaban J connectivity index is 5.44. The van der Waals surface area contributed by atoms with Gasteiger partial charge in [0, 0.05) is 6.54 Å². The standard InChI is InChI=1S/C23H42N2O6Si/c1-12-13-18(24-21(28)31-22(3,4)5)20(27)25(15-19(26)29-9)14-17(2)16-30-32(10,11)23(6,7)8/h12,18H,1-2,13-16H2,3-11H3,(H,24,28). The van der Waals surface area contributed by atoms with E-state index in [0.717, 1.165) is 0 Å². The maximum absolute atomic E-state index is 13.2. The third-order valence-electron chi connectivity index (χ3n) is 5.11. The highest BCUT2D eigenvalue weighted by atomic mass is 28.4. The molecule has 0 aliphatic rings. The summed E-state index contributed by atoms with van der Waals surface area (Å²) in [5.74, 6) is -1.04. The fourth-order valence-corrected chi connectivity index (χ4v) is 3.30. The topological polar surface area (TPSA) is 94.2 Å². The Kier molecular flexibility index (Phi) is 11.4. The van der Waals surface area contributed by atoms with Gasteiger partial charge in [-0.3, -0.25) is 9.59 Å². The third kappa shape index (κ3) is 10.9. The smallest absolute Gasteiger partial charge is 0.408 e. The number of carbonyl (C=O) groups excluding carboxylic acids is 3. The molecular formula is C23H42N2O6Si. The number of alkyl carbamates (subject to hydrolysis) is 1. The van der Waals surface area contributed by atoms with Gasteiger partial charge in [-0.1, -0.05) is 33.4 Å². The van der Waals surface area contributed by atoms with Crippen LogP contribution in [0.25, 0.3) is 0 Å². The van der Waals surface area contributed by atoms with Gasteiger partial charge in [-0.05, 0) is 50.9 Å². The van der Waals surface area contributed by atoms with E-state index in [0.29, 0.717) is 5.57 Å². The summed E-state index contributed by atoms with van der Waals surface area (Å²) in [6.45, 7) is 23.6. The highest BCUT2D eigenvalue weighted by Gasteiger charge is 2.37. The molecule has 0 radical (unpaired) electrons. The molecule has 0 heterocycles. The summed E-state index contributed by atoms with van der Waals surface area (Å²) in [6.07, 6.45) is 0.963. The van der Waals surface area contributed by atoms with Crippen molar-refractivity contribution in [3.63, 3.8) is 0 Å². The first-order valence-corrected chi connectivity index (χ1v) is 13.6.